The van der Waals surface area contributed by atoms with Gasteiger partial charge in [0.15, 0.2) is 0 Å². The zero-order valence-corrected chi connectivity index (χ0v) is 20.3. The summed E-state index contributed by atoms with van der Waals surface area (Å²) >= 11 is 0. The number of amides is 2. The maximum Gasteiger partial charge on any atom is 0.225 e. The van der Waals surface area contributed by atoms with Crippen molar-refractivity contribution in [3.63, 3.8) is 0 Å². The lowest BCUT2D eigenvalue weighted by Crippen LogP contribution is -2.45. The van der Waals surface area contributed by atoms with Crippen LogP contribution in [0.5, 0.6) is 0 Å². The lowest BCUT2D eigenvalue weighted by Gasteiger charge is -2.28. The van der Waals surface area contributed by atoms with Crippen molar-refractivity contribution >= 4 is 22.6 Å². The van der Waals surface area contributed by atoms with Crippen LogP contribution in [0.1, 0.15) is 17.5 Å². The Hall–Kier alpha value is -3.73. The number of nitrogens with zero attached hydrogens (tertiary/aromatic N) is 2. The van der Waals surface area contributed by atoms with Gasteiger partial charge in [0.1, 0.15) is 6.04 Å². The minimum absolute atomic E-state index is 0.0667. The van der Waals surface area contributed by atoms with Crippen LogP contribution in [-0.4, -0.2) is 55.7 Å². The average Bonchev–Trinajstić information content (AvgIpc) is 2.93. The van der Waals surface area contributed by atoms with E-state index in [4.69, 9.17) is 9.47 Å². The Bertz CT molecular complexity index is 1200. The molecule has 2 amide bonds. The molecule has 0 aliphatic carbocycles. The third-order valence-corrected chi connectivity index (χ3v) is 6.32. The molecule has 3 aromatic rings. The summed E-state index contributed by atoms with van der Waals surface area (Å²) in [6.45, 7) is 2.47. The Morgan fingerprint density at radius 2 is 1.69 bits per heavy atom. The molecule has 0 bridgehead atoms. The van der Waals surface area contributed by atoms with E-state index in [1.807, 2.05) is 66.7 Å². The van der Waals surface area contributed by atoms with Crippen molar-refractivity contribution < 1.29 is 19.1 Å². The quantitative estimate of drug-likeness (QED) is 0.475. The number of rotatable bonds is 10. The molecule has 1 N–H and O–H groups in total. The Balaban J connectivity index is 1.43. The topological polar surface area (TPSA) is 91.7 Å². The third kappa shape index (κ3) is 7.14. The molecule has 7 nitrogen and oxygen atoms in total. The van der Waals surface area contributed by atoms with Gasteiger partial charge in [-0.25, -0.2) is 0 Å². The molecule has 1 fully saturated rings. The van der Waals surface area contributed by atoms with Crippen LogP contribution in [0.3, 0.4) is 0 Å². The molecule has 3 aromatic carbocycles. The van der Waals surface area contributed by atoms with Crippen LogP contribution in [0.15, 0.2) is 72.8 Å². The van der Waals surface area contributed by atoms with E-state index in [-0.39, 0.29) is 24.8 Å². The monoisotopic (exact) mass is 485 g/mol. The van der Waals surface area contributed by atoms with E-state index >= 15 is 0 Å². The lowest BCUT2D eigenvalue weighted by molar-refractivity contribution is -0.139. The molecule has 0 saturated carbocycles. The highest BCUT2D eigenvalue weighted by Crippen LogP contribution is 2.21. The summed E-state index contributed by atoms with van der Waals surface area (Å²) in [6.07, 6.45) is 0.470. The number of ether oxygens (including phenoxy) is 2. The lowest BCUT2D eigenvalue weighted by atomic mass is 9.93. The molecule has 2 unspecified atom stereocenters. The largest absolute Gasteiger partial charge is 0.378 e. The first-order chi connectivity index (χ1) is 17.6. The second-order valence-electron chi connectivity index (χ2n) is 8.97. The molecule has 186 valence electrons. The highest BCUT2D eigenvalue weighted by molar-refractivity contribution is 5.87. The number of hydrogen-bond donors (Lipinski definition) is 1. The molecular weight excluding hydrogens is 454 g/mol. The van der Waals surface area contributed by atoms with Gasteiger partial charge in [-0.1, -0.05) is 72.8 Å². The molecule has 0 aromatic heterocycles. The molecule has 0 spiro atoms. The van der Waals surface area contributed by atoms with E-state index in [1.54, 1.807) is 4.90 Å². The van der Waals surface area contributed by atoms with Crippen molar-refractivity contribution in [3.05, 3.63) is 83.9 Å². The molecule has 1 saturated heterocycles. The molecule has 1 aliphatic heterocycles. The second-order valence-corrected chi connectivity index (χ2v) is 8.97. The smallest absolute Gasteiger partial charge is 0.225 e. The van der Waals surface area contributed by atoms with Gasteiger partial charge in [0.2, 0.25) is 11.8 Å². The standard InChI is InChI=1S/C29H31N3O4/c30-19-27(21-36-20-22-6-2-1-3-7-22)31-29(34)26(18-28(33)32-12-14-35-15-13-32)17-23-10-11-24-8-4-5-9-25(24)16-23/h1-11,16,26-27H,12-15,17-18,20-21H2,(H,31,34). The van der Waals surface area contributed by atoms with Gasteiger partial charge in [-0.2, -0.15) is 5.26 Å². The van der Waals surface area contributed by atoms with Gasteiger partial charge in [0.25, 0.3) is 0 Å². The van der Waals surface area contributed by atoms with E-state index in [2.05, 4.69) is 17.5 Å². The van der Waals surface area contributed by atoms with Crippen molar-refractivity contribution in [2.45, 2.75) is 25.5 Å². The minimum Gasteiger partial charge on any atom is -0.378 e. The first-order valence-electron chi connectivity index (χ1n) is 12.3. The van der Waals surface area contributed by atoms with Crippen LogP contribution in [-0.2, 0) is 32.1 Å². The summed E-state index contributed by atoms with van der Waals surface area (Å²) in [5.41, 5.74) is 1.96. The van der Waals surface area contributed by atoms with Crippen molar-refractivity contribution in [1.82, 2.24) is 10.2 Å². The van der Waals surface area contributed by atoms with Crippen LogP contribution in [0, 0.1) is 17.2 Å². The Morgan fingerprint density at radius 1 is 0.972 bits per heavy atom. The zero-order valence-electron chi connectivity index (χ0n) is 20.3. The second kappa shape index (κ2) is 12.8. The van der Waals surface area contributed by atoms with Crippen LogP contribution in [0.25, 0.3) is 10.8 Å². The normalized spacial score (nSPS) is 15.1. The zero-order chi connectivity index (χ0) is 25.2. The summed E-state index contributed by atoms with van der Waals surface area (Å²) in [4.78, 5) is 28.1. The van der Waals surface area contributed by atoms with Crippen LogP contribution in [0.2, 0.25) is 0 Å². The fraction of sp³-hybridized carbons (Fsp3) is 0.345. The SMILES string of the molecule is N#CC(COCc1ccccc1)NC(=O)C(CC(=O)N1CCOCC1)Cc1ccc2ccccc2c1. The highest BCUT2D eigenvalue weighted by Gasteiger charge is 2.28. The van der Waals surface area contributed by atoms with Crippen molar-refractivity contribution in [2.75, 3.05) is 32.9 Å². The van der Waals surface area contributed by atoms with E-state index in [9.17, 15) is 14.9 Å². The van der Waals surface area contributed by atoms with Gasteiger partial charge in [-0.15, -0.1) is 0 Å². The van der Waals surface area contributed by atoms with Gasteiger partial charge in [-0.05, 0) is 28.3 Å². The third-order valence-electron chi connectivity index (χ3n) is 6.32. The highest BCUT2D eigenvalue weighted by atomic mass is 16.5. The number of nitrogens with one attached hydrogen (secondary N) is 1. The van der Waals surface area contributed by atoms with Crippen LogP contribution >= 0.6 is 0 Å². The number of carbonyl (C=O) groups is 2. The van der Waals surface area contributed by atoms with Gasteiger partial charge in [0, 0.05) is 19.5 Å². The number of carbonyl (C=O) groups excluding carboxylic acids is 2. The first-order valence-corrected chi connectivity index (χ1v) is 12.3. The predicted octanol–water partition coefficient (Wildman–Crippen LogP) is 3.47. The van der Waals surface area contributed by atoms with Crippen molar-refractivity contribution in [2.24, 2.45) is 5.92 Å². The molecule has 7 heteroatoms. The Labute approximate surface area is 211 Å². The summed E-state index contributed by atoms with van der Waals surface area (Å²) in [5.74, 6) is -1.00. The number of nitriles is 1. The Kier molecular flexibility index (Phi) is 9.03. The predicted molar refractivity (Wildman–Crippen MR) is 137 cm³/mol. The summed E-state index contributed by atoms with van der Waals surface area (Å²) in [5, 5.41) is 14.6. The first kappa shape index (κ1) is 25.4. The Morgan fingerprint density at radius 3 is 2.44 bits per heavy atom. The molecule has 36 heavy (non-hydrogen) atoms. The average molecular weight is 486 g/mol. The van der Waals surface area contributed by atoms with Gasteiger partial charge < -0.3 is 19.7 Å². The molecule has 1 heterocycles. The van der Waals surface area contributed by atoms with E-state index in [1.165, 1.54) is 0 Å². The van der Waals surface area contributed by atoms with Crippen LogP contribution < -0.4 is 5.32 Å². The van der Waals surface area contributed by atoms with Crippen molar-refractivity contribution in [1.29, 1.82) is 5.26 Å². The number of hydrogen-bond acceptors (Lipinski definition) is 5. The summed E-state index contributed by atoms with van der Waals surface area (Å²) in [7, 11) is 0. The van der Waals surface area contributed by atoms with Gasteiger partial charge in [-0.3, -0.25) is 9.59 Å². The fourth-order valence-electron chi connectivity index (χ4n) is 4.33. The summed E-state index contributed by atoms with van der Waals surface area (Å²) in [6, 6.07) is 25.1. The van der Waals surface area contributed by atoms with E-state index in [0.29, 0.717) is 39.3 Å². The maximum atomic E-state index is 13.3. The number of benzene rings is 3. The van der Waals surface area contributed by atoms with Crippen LogP contribution in [0.4, 0.5) is 0 Å². The molecule has 0 radical (unpaired) electrons. The fourth-order valence-corrected chi connectivity index (χ4v) is 4.33. The molecular formula is C29H31N3O4. The molecule has 4 rings (SSSR count). The summed E-state index contributed by atoms with van der Waals surface area (Å²) < 4.78 is 11.0. The van der Waals surface area contributed by atoms with E-state index < -0.39 is 12.0 Å². The molecule has 1 aliphatic rings. The van der Waals surface area contributed by atoms with Crippen molar-refractivity contribution in [3.8, 4) is 6.07 Å². The van der Waals surface area contributed by atoms with E-state index in [0.717, 1.165) is 21.9 Å². The van der Waals surface area contributed by atoms with Gasteiger partial charge in [0.05, 0.1) is 38.4 Å². The maximum absolute atomic E-state index is 13.3. The number of morpholine rings is 1. The van der Waals surface area contributed by atoms with Gasteiger partial charge >= 0.3 is 0 Å². The molecule has 2 atom stereocenters. The minimum atomic E-state index is -0.807. The number of fused-ring (bicyclic) bond motifs is 1.